The highest BCUT2D eigenvalue weighted by Gasteiger charge is 2.45. The van der Waals surface area contributed by atoms with E-state index < -0.39 is 47.1 Å². The van der Waals surface area contributed by atoms with Gasteiger partial charge in [-0.15, -0.1) is 0 Å². The quantitative estimate of drug-likeness (QED) is 0.187. The lowest BCUT2D eigenvalue weighted by atomic mass is 9.77. The first-order valence-electron chi connectivity index (χ1n) is 13.5. The summed E-state index contributed by atoms with van der Waals surface area (Å²) in [5.41, 5.74) is -0.487. The Kier molecular flexibility index (Phi) is 9.33. The van der Waals surface area contributed by atoms with Gasteiger partial charge in [-0.3, -0.25) is 0 Å². The monoisotopic (exact) mass is 554 g/mol. The molecule has 0 amide bonds. The molecule has 2 saturated carbocycles. The molecule has 0 radical (unpaired) electrons. The van der Waals surface area contributed by atoms with Crippen molar-refractivity contribution in [3.8, 4) is 5.75 Å². The molecule has 0 saturated heterocycles. The van der Waals surface area contributed by atoms with Crippen molar-refractivity contribution in [1.82, 2.24) is 9.97 Å². The van der Waals surface area contributed by atoms with E-state index in [0.717, 1.165) is 43.7 Å². The minimum absolute atomic E-state index is 0.0406. The number of alkyl halides is 4. The first kappa shape index (κ1) is 29.1. The summed E-state index contributed by atoms with van der Waals surface area (Å²) in [5, 5.41) is 0. The number of esters is 1. The van der Waals surface area contributed by atoms with Crippen LogP contribution in [0.2, 0.25) is 0 Å². The van der Waals surface area contributed by atoms with Crippen molar-refractivity contribution in [2.45, 2.75) is 83.0 Å². The highest BCUT2D eigenvalue weighted by molar-refractivity contribution is 5.91. The summed E-state index contributed by atoms with van der Waals surface area (Å²) in [5.74, 6) is -8.33. The molecule has 10 heteroatoms. The van der Waals surface area contributed by atoms with E-state index in [4.69, 9.17) is 4.74 Å². The van der Waals surface area contributed by atoms with Crippen molar-refractivity contribution < 1.29 is 35.9 Å². The lowest BCUT2D eigenvalue weighted by Crippen LogP contribution is -2.26. The zero-order valence-electron chi connectivity index (χ0n) is 21.7. The van der Waals surface area contributed by atoms with E-state index in [2.05, 4.69) is 29.0 Å². The van der Waals surface area contributed by atoms with Gasteiger partial charge in [0.2, 0.25) is 5.82 Å². The molecule has 212 valence electrons. The summed E-state index contributed by atoms with van der Waals surface area (Å²) >= 11 is 0. The van der Waals surface area contributed by atoms with Gasteiger partial charge < -0.3 is 4.74 Å². The fraction of sp³-hybridized carbons (Fsp3) is 0.552. The topological polar surface area (TPSA) is 52.1 Å². The Bertz CT molecular complexity index is 1130. The third kappa shape index (κ3) is 7.00. The molecule has 1 aromatic heterocycles. The minimum atomic E-state index is -4.60. The van der Waals surface area contributed by atoms with Gasteiger partial charge in [-0.25, -0.2) is 32.3 Å². The molecular formula is C29H32F6N2O2. The van der Waals surface area contributed by atoms with Crippen molar-refractivity contribution in [3.63, 3.8) is 0 Å². The predicted octanol–water partition coefficient (Wildman–Crippen LogP) is 8.38. The standard InChI is InChI=1S/C29H32F6N2O2/c1-2-17-3-5-18(6-4-17)7-8-19-9-11-20(12-10-19)21-13-23(30)25(24(31)14-21)26(38)39-22-15-36-28(37-16-22)29(34,35)27(32)33/h7-8,13-20,27H,2-6,9-12H2,1H3/b8-7+. The van der Waals surface area contributed by atoms with Crippen LogP contribution >= 0.6 is 0 Å². The SMILES string of the molecule is CCC1CCC(/C=C/C2CCC(c3cc(F)c(C(=O)Oc4cnc(C(F)(F)C(F)F)nc4)c(F)c3)CC2)CC1. The normalized spacial score (nSPS) is 24.3. The van der Waals surface area contributed by atoms with Crippen LogP contribution < -0.4 is 4.74 Å². The van der Waals surface area contributed by atoms with Gasteiger partial charge in [-0.05, 0) is 92.7 Å². The van der Waals surface area contributed by atoms with E-state index in [1.54, 1.807) is 0 Å². The predicted molar refractivity (Wildman–Crippen MR) is 133 cm³/mol. The summed E-state index contributed by atoms with van der Waals surface area (Å²) < 4.78 is 85.9. The minimum Gasteiger partial charge on any atom is -0.419 e. The molecule has 0 spiro atoms. The van der Waals surface area contributed by atoms with Crippen LogP contribution in [0.4, 0.5) is 26.3 Å². The van der Waals surface area contributed by atoms with E-state index in [1.807, 2.05) is 0 Å². The second kappa shape index (κ2) is 12.5. The first-order valence-corrected chi connectivity index (χ1v) is 13.5. The molecule has 1 aromatic carbocycles. The molecule has 2 fully saturated rings. The van der Waals surface area contributed by atoms with Crippen LogP contribution in [0.25, 0.3) is 0 Å². The summed E-state index contributed by atoms with van der Waals surface area (Å²) in [7, 11) is 0. The average molecular weight is 555 g/mol. The van der Waals surface area contributed by atoms with Crippen molar-refractivity contribution in [3.05, 3.63) is 65.3 Å². The number of carbonyl (C=O) groups is 1. The Morgan fingerprint density at radius 1 is 0.949 bits per heavy atom. The number of hydrogen-bond donors (Lipinski definition) is 0. The number of ether oxygens (including phenoxy) is 1. The molecule has 0 N–H and O–H groups in total. The lowest BCUT2D eigenvalue weighted by molar-refractivity contribution is -0.141. The second-order valence-corrected chi connectivity index (χ2v) is 10.6. The lowest BCUT2D eigenvalue weighted by Gasteiger charge is -2.29. The molecule has 2 aliphatic rings. The number of nitrogens with zero attached hydrogens (tertiary/aromatic N) is 2. The highest BCUT2D eigenvalue weighted by Crippen LogP contribution is 2.39. The molecule has 0 unspecified atom stereocenters. The Hall–Kier alpha value is -2.91. The first-order chi connectivity index (χ1) is 18.6. The van der Waals surface area contributed by atoms with E-state index in [0.29, 0.717) is 29.8 Å². The number of rotatable bonds is 8. The third-order valence-corrected chi connectivity index (χ3v) is 8.05. The summed E-state index contributed by atoms with van der Waals surface area (Å²) in [6, 6.07) is 2.24. The van der Waals surface area contributed by atoms with Gasteiger partial charge in [-0.2, -0.15) is 8.78 Å². The summed E-state index contributed by atoms with van der Waals surface area (Å²) in [6.07, 6.45) is 11.5. The van der Waals surface area contributed by atoms with E-state index in [1.165, 1.54) is 32.1 Å². The fourth-order valence-electron chi connectivity index (χ4n) is 5.57. The van der Waals surface area contributed by atoms with Crippen LogP contribution in [0.5, 0.6) is 5.75 Å². The van der Waals surface area contributed by atoms with Gasteiger partial charge in [0.15, 0.2) is 5.75 Å². The molecule has 4 rings (SSSR count). The highest BCUT2D eigenvalue weighted by atomic mass is 19.3. The molecule has 0 atom stereocenters. The number of carbonyl (C=O) groups excluding carboxylic acids is 1. The van der Waals surface area contributed by atoms with Crippen molar-refractivity contribution in [2.24, 2.45) is 17.8 Å². The largest absolute Gasteiger partial charge is 0.419 e. The molecule has 39 heavy (non-hydrogen) atoms. The molecule has 0 bridgehead atoms. The van der Waals surface area contributed by atoms with Gasteiger partial charge in [0.05, 0.1) is 12.4 Å². The number of aromatic nitrogens is 2. The van der Waals surface area contributed by atoms with Crippen molar-refractivity contribution in [1.29, 1.82) is 0 Å². The maximum atomic E-state index is 14.8. The van der Waals surface area contributed by atoms with E-state index in [-0.39, 0.29) is 5.92 Å². The molecule has 0 aliphatic heterocycles. The van der Waals surface area contributed by atoms with Crippen LogP contribution in [0.1, 0.15) is 92.4 Å². The van der Waals surface area contributed by atoms with Crippen LogP contribution in [0.15, 0.2) is 36.7 Å². The van der Waals surface area contributed by atoms with Gasteiger partial charge in [0, 0.05) is 0 Å². The molecule has 1 heterocycles. The summed E-state index contributed by atoms with van der Waals surface area (Å²) in [6.45, 7) is 2.25. The summed E-state index contributed by atoms with van der Waals surface area (Å²) in [4.78, 5) is 18.5. The van der Waals surface area contributed by atoms with Gasteiger partial charge in [0.25, 0.3) is 0 Å². The number of halogens is 6. The number of benzene rings is 1. The van der Waals surface area contributed by atoms with Crippen molar-refractivity contribution in [2.75, 3.05) is 0 Å². The van der Waals surface area contributed by atoms with Gasteiger partial charge >= 0.3 is 18.3 Å². The second-order valence-electron chi connectivity index (χ2n) is 10.6. The van der Waals surface area contributed by atoms with Crippen LogP contribution in [0, 0.1) is 29.4 Å². The molecular weight excluding hydrogens is 522 g/mol. The van der Waals surface area contributed by atoms with Crippen LogP contribution in [-0.4, -0.2) is 22.4 Å². The van der Waals surface area contributed by atoms with Gasteiger partial charge in [-0.1, -0.05) is 25.5 Å². The Balaban J connectivity index is 1.34. The Labute approximate surface area is 223 Å². The van der Waals surface area contributed by atoms with E-state index >= 15 is 0 Å². The molecule has 2 aliphatic carbocycles. The maximum Gasteiger partial charge on any atom is 0.365 e. The smallest absolute Gasteiger partial charge is 0.365 e. The maximum absolute atomic E-state index is 14.8. The Morgan fingerprint density at radius 2 is 1.46 bits per heavy atom. The molecule has 2 aromatic rings. The van der Waals surface area contributed by atoms with Crippen LogP contribution in [-0.2, 0) is 5.92 Å². The van der Waals surface area contributed by atoms with E-state index in [9.17, 15) is 31.1 Å². The fourth-order valence-corrected chi connectivity index (χ4v) is 5.57. The number of allylic oxidation sites excluding steroid dienone is 2. The Morgan fingerprint density at radius 3 is 1.95 bits per heavy atom. The zero-order valence-corrected chi connectivity index (χ0v) is 21.7. The third-order valence-electron chi connectivity index (χ3n) is 8.05. The number of hydrogen-bond acceptors (Lipinski definition) is 4. The van der Waals surface area contributed by atoms with Crippen LogP contribution in [0.3, 0.4) is 0 Å². The van der Waals surface area contributed by atoms with Gasteiger partial charge in [0.1, 0.15) is 17.2 Å². The zero-order chi connectivity index (χ0) is 28.2. The van der Waals surface area contributed by atoms with Crippen molar-refractivity contribution >= 4 is 5.97 Å². The average Bonchev–Trinajstić information content (AvgIpc) is 2.92. The molecule has 4 nitrogen and oxygen atoms in total.